The molecule has 0 aliphatic rings. The number of nitrogens with one attached hydrogen (secondary N) is 1. The highest BCUT2D eigenvalue weighted by Gasteiger charge is 2.24. The number of carbonyl (C=O) groups is 1. The second-order valence-electron chi connectivity index (χ2n) is 5.86. The van der Waals surface area contributed by atoms with E-state index in [1.54, 1.807) is 6.20 Å². The van der Waals surface area contributed by atoms with Crippen molar-refractivity contribution >= 4 is 11.9 Å². The molecule has 0 amide bonds. The van der Waals surface area contributed by atoms with Gasteiger partial charge in [-0.1, -0.05) is 41.0 Å². The van der Waals surface area contributed by atoms with E-state index in [2.05, 4.69) is 36.1 Å². The highest BCUT2D eigenvalue weighted by molar-refractivity contribution is 5.76. The van der Waals surface area contributed by atoms with Gasteiger partial charge in [0.05, 0.1) is 5.69 Å². The Bertz CT molecular complexity index is 441. The third-order valence-electron chi connectivity index (χ3n) is 3.19. The molecule has 5 heteroatoms. The molecule has 1 rings (SSSR count). The number of hydrogen-bond acceptors (Lipinski definition) is 4. The fraction of sp³-hybridized carbons (Fsp3) is 0.643. The minimum Gasteiger partial charge on any atom is -0.480 e. The first kappa shape index (κ1) is 15.4. The smallest absolute Gasteiger partial charge is 0.326 e. The molecule has 2 N–H and O–H groups in total. The Kier molecular flexibility index (Phi) is 4.86. The molecule has 0 saturated heterocycles. The molecule has 1 aromatic rings. The van der Waals surface area contributed by atoms with Gasteiger partial charge < -0.3 is 10.4 Å². The first-order valence-electron chi connectivity index (χ1n) is 6.58. The van der Waals surface area contributed by atoms with Crippen LogP contribution in [0, 0.1) is 5.92 Å². The van der Waals surface area contributed by atoms with Crippen LogP contribution in [0.2, 0.25) is 0 Å². The molecule has 1 heterocycles. The van der Waals surface area contributed by atoms with Crippen LogP contribution in [0.3, 0.4) is 0 Å². The van der Waals surface area contributed by atoms with Crippen LogP contribution in [0.5, 0.6) is 0 Å². The molecular formula is C14H23N3O2. The summed E-state index contributed by atoms with van der Waals surface area (Å²) in [5.41, 5.74) is 0.798. The van der Waals surface area contributed by atoms with Crippen LogP contribution >= 0.6 is 0 Å². The number of hydrogen-bond donors (Lipinski definition) is 2. The molecule has 0 spiro atoms. The lowest BCUT2D eigenvalue weighted by Gasteiger charge is -2.22. The maximum Gasteiger partial charge on any atom is 0.326 e. The zero-order valence-corrected chi connectivity index (χ0v) is 12.3. The van der Waals surface area contributed by atoms with E-state index >= 15 is 0 Å². The summed E-state index contributed by atoms with van der Waals surface area (Å²) in [6, 6.07) is 1.18. The number of carboxylic acids is 1. The number of aliphatic carboxylic acids is 1. The van der Waals surface area contributed by atoms with Gasteiger partial charge in [-0.3, -0.25) is 0 Å². The molecule has 0 aliphatic heterocycles. The molecule has 0 fully saturated rings. The summed E-state index contributed by atoms with van der Waals surface area (Å²) in [5, 5.41) is 12.2. The number of nitrogens with zero attached hydrogens (tertiary/aromatic N) is 2. The molecule has 0 saturated carbocycles. The third-order valence-corrected chi connectivity index (χ3v) is 3.19. The van der Waals surface area contributed by atoms with Crippen molar-refractivity contribution in [3.63, 3.8) is 0 Å². The highest BCUT2D eigenvalue weighted by atomic mass is 16.4. The predicted molar refractivity (Wildman–Crippen MR) is 75.2 cm³/mol. The Labute approximate surface area is 114 Å². The summed E-state index contributed by atoms with van der Waals surface area (Å²) in [4.78, 5) is 19.8. The second-order valence-corrected chi connectivity index (χ2v) is 5.86. The summed E-state index contributed by atoms with van der Waals surface area (Å²) in [7, 11) is 0. The Balaban J connectivity index is 2.95. The van der Waals surface area contributed by atoms with E-state index in [4.69, 9.17) is 0 Å². The molecule has 2 atom stereocenters. The van der Waals surface area contributed by atoms with Crippen LogP contribution in [0.4, 0.5) is 5.95 Å². The van der Waals surface area contributed by atoms with Crippen molar-refractivity contribution in [2.45, 2.75) is 52.5 Å². The zero-order chi connectivity index (χ0) is 14.6. The number of rotatable bonds is 5. The topological polar surface area (TPSA) is 75.1 Å². The van der Waals surface area contributed by atoms with Gasteiger partial charge >= 0.3 is 5.97 Å². The van der Waals surface area contributed by atoms with E-state index in [9.17, 15) is 9.90 Å². The predicted octanol–water partition coefficient (Wildman–Crippen LogP) is 2.69. The van der Waals surface area contributed by atoms with Crippen molar-refractivity contribution in [1.29, 1.82) is 0 Å². The van der Waals surface area contributed by atoms with Gasteiger partial charge in [0.2, 0.25) is 5.95 Å². The standard InChI is InChI=1S/C14H23N3O2/c1-6-9(2)11(12(18)19)17-13-15-8-7-10(16-13)14(3,4)5/h7-9,11H,6H2,1-5H3,(H,18,19)(H,15,16,17)/t9-,11-/m0/s1. The van der Waals surface area contributed by atoms with Gasteiger partial charge in [0, 0.05) is 11.6 Å². The molecule has 5 nitrogen and oxygen atoms in total. The summed E-state index contributed by atoms with van der Waals surface area (Å²) < 4.78 is 0. The summed E-state index contributed by atoms with van der Waals surface area (Å²) >= 11 is 0. The fourth-order valence-corrected chi connectivity index (χ4v) is 1.67. The Morgan fingerprint density at radius 3 is 2.58 bits per heavy atom. The largest absolute Gasteiger partial charge is 0.480 e. The maximum absolute atomic E-state index is 11.3. The van der Waals surface area contributed by atoms with Crippen LogP contribution in [0.25, 0.3) is 0 Å². The van der Waals surface area contributed by atoms with Gasteiger partial charge in [0.15, 0.2) is 0 Å². The minimum atomic E-state index is -0.876. The van der Waals surface area contributed by atoms with Crippen molar-refractivity contribution < 1.29 is 9.90 Å². The van der Waals surface area contributed by atoms with Crippen LogP contribution in [-0.4, -0.2) is 27.1 Å². The highest BCUT2D eigenvalue weighted by Crippen LogP contribution is 2.21. The third kappa shape index (κ3) is 4.19. The van der Waals surface area contributed by atoms with Crippen molar-refractivity contribution in [3.8, 4) is 0 Å². The first-order chi connectivity index (χ1) is 8.75. The molecule has 19 heavy (non-hydrogen) atoms. The van der Waals surface area contributed by atoms with Gasteiger partial charge in [0.25, 0.3) is 0 Å². The minimum absolute atomic E-state index is 0.0133. The van der Waals surface area contributed by atoms with E-state index in [1.165, 1.54) is 0 Å². The number of aromatic nitrogens is 2. The monoisotopic (exact) mass is 265 g/mol. The average Bonchev–Trinajstić information content (AvgIpc) is 2.34. The van der Waals surface area contributed by atoms with Crippen LogP contribution < -0.4 is 5.32 Å². The Morgan fingerprint density at radius 2 is 2.11 bits per heavy atom. The second kappa shape index (κ2) is 5.99. The van der Waals surface area contributed by atoms with Crippen molar-refractivity contribution in [1.82, 2.24) is 9.97 Å². The van der Waals surface area contributed by atoms with E-state index in [-0.39, 0.29) is 11.3 Å². The van der Waals surface area contributed by atoms with Crippen molar-refractivity contribution in [3.05, 3.63) is 18.0 Å². The van der Waals surface area contributed by atoms with Crippen LogP contribution in [0.15, 0.2) is 12.3 Å². The molecular weight excluding hydrogens is 242 g/mol. The van der Waals surface area contributed by atoms with E-state index in [0.717, 1.165) is 12.1 Å². The molecule has 0 aromatic carbocycles. The summed E-state index contributed by atoms with van der Waals surface area (Å²) in [6.07, 6.45) is 2.44. The van der Waals surface area contributed by atoms with Gasteiger partial charge in [-0.25, -0.2) is 14.8 Å². The summed E-state index contributed by atoms with van der Waals surface area (Å²) in [5.74, 6) is -0.487. The lowest BCUT2D eigenvalue weighted by molar-refractivity contribution is -0.139. The number of carboxylic acid groups (broad SMARTS) is 1. The van der Waals surface area contributed by atoms with Gasteiger partial charge in [-0.05, 0) is 12.0 Å². The van der Waals surface area contributed by atoms with Crippen molar-refractivity contribution in [2.24, 2.45) is 5.92 Å². The molecule has 0 bridgehead atoms. The maximum atomic E-state index is 11.3. The van der Waals surface area contributed by atoms with E-state index in [0.29, 0.717) is 5.95 Å². The average molecular weight is 265 g/mol. The molecule has 1 aromatic heterocycles. The molecule has 106 valence electrons. The first-order valence-corrected chi connectivity index (χ1v) is 6.58. The Morgan fingerprint density at radius 1 is 1.47 bits per heavy atom. The van der Waals surface area contributed by atoms with Gasteiger partial charge in [0.1, 0.15) is 6.04 Å². The zero-order valence-electron chi connectivity index (χ0n) is 12.3. The molecule has 0 aliphatic carbocycles. The number of anilines is 1. The SMILES string of the molecule is CC[C@H](C)[C@H](Nc1nccc(C(C)(C)C)n1)C(=O)O. The van der Waals surface area contributed by atoms with Crippen molar-refractivity contribution in [2.75, 3.05) is 5.32 Å². The quantitative estimate of drug-likeness (QED) is 0.856. The lowest BCUT2D eigenvalue weighted by atomic mass is 9.92. The van der Waals surface area contributed by atoms with Gasteiger partial charge in [-0.2, -0.15) is 0 Å². The van der Waals surface area contributed by atoms with Crippen LogP contribution in [-0.2, 0) is 10.2 Å². The molecule has 0 unspecified atom stereocenters. The fourth-order valence-electron chi connectivity index (χ4n) is 1.67. The Hall–Kier alpha value is -1.65. The van der Waals surface area contributed by atoms with E-state index < -0.39 is 12.0 Å². The van der Waals surface area contributed by atoms with Gasteiger partial charge in [-0.15, -0.1) is 0 Å². The summed E-state index contributed by atoms with van der Waals surface area (Å²) in [6.45, 7) is 10.0. The van der Waals surface area contributed by atoms with E-state index in [1.807, 2.05) is 19.9 Å². The van der Waals surface area contributed by atoms with Crippen LogP contribution in [0.1, 0.15) is 46.7 Å². The lowest BCUT2D eigenvalue weighted by Crippen LogP contribution is -2.36. The normalized spacial score (nSPS) is 14.8. The molecule has 0 radical (unpaired) electrons.